The van der Waals surface area contributed by atoms with Crippen LogP contribution in [-0.2, 0) is 0 Å². The van der Waals surface area contributed by atoms with Crippen LogP contribution in [0.3, 0.4) is 0 Å². The van der Waals surface area contributed by atoms with Crippen LogP contribution in [-0.4, -0.2) is 42.1 Å². The molecular formula is C21H23F2N5. The molecule has 0 spiro atoms. The highest BCUT2D eigenvalue weighted by molar-refractivity contribution is 5.67. The molecule has 3 rings (SSSR count). The van der Waals surface area contributed by atoms with Crippen LogP contribution >= 0.6 is 0 Å². The Bertz CT molecular complexity index is 896. The molecule has 2 aromatic carbocycles. The number of hydrogen-bond donors (Lipinski definition) is 2. The van der Waals surface area contributed by atoms with E-state index in [1.165, 1.54) is 18.2 Å². The summed E-state index contributed by atoms with van der Waals surface area (Å²) in [5, 5.41) is 5.94. The first-order valence-electron chi connectivity index (χ1n) is 9.07. The lowest BCUT2D eigenvalue weighted by Crippen LogP contribution is -2.17. The second-order valence-corrected chi connectivity index (χ2v) is 6.63. The highest BCUT2D eigenvalue weighted by Gasteiger charge is 2.12. The van der Waals surface area contributed by atoms with Crippen molar-refractivity contribution in [2.24, 2.45) is 0 Å². The van der Waals surface area contributed by atoms with Gasteiger partial charge in [0.05, 0.1) is 5.69 Å². The second kappa shape index (κ2) is 9.23. The molecule has 0 bridgehead atoms. The predicted octanol–water partition coefficient (Wildman–Crippen LogP) is 4.53. The minimum Gasteiger partial charge on any atom is -0.354 e. The number of nitrogens with one attached hydrogen (secondary N) is 2. The number of aromatic nitrogens is 2. The summed E-state index contributed by atoms with van der Waals surface area (Å²) in [6.45, 7) is 1.61. The Hall–Kier alpha value is -3.06. The van der Waals surface area contributed by atoms with Gasteiger partial charge in [0.2, 0.25) is 5.95 Å². The Kier molecular flexibility index (Phi) is 6.49. The van der Waals surface area contributed by atoms with Gasteiger partial charge in [0.15, 0.2) is 0 Å². The van der Waals surface area contributed by atoms with E-state index in [9.17, 15) is 8.78 Å². The van der Waals surface area contributed by atoms with Gasteiger partial charge in [-0.05, 0) is 39.2 Å². The summed E-state index contributed by atoms with van der Waals surface area (Å²) in [6, 6.07) is 15.0. The Morgan fingerprint density at radius 3 is 2.32 bits per heavy atom. The van der Waals surface area contributed by atoms with Gasteiger partial charge in [0.1, 0.15) is 23.1 Å². The molecule has 0 aliphatic carbocycles. The van der Waals surface area contributed by atoms with Crippen molar-refractivity contribution < 1.29 is 8.78 Å². The van der Waals surface area contributed by atoms with E-state index < -0.39 is 11.6 Å². The molecule has 1 heterocycles. The minimum absolute atomic E-state index is 0.237. The van der Waals surface area contributed by atoms with Gasteiger partial charge < -0.3 is 15.5 Å². The molecule has 0 amide bonds. The fraction of sp³-hybridized carbons (Fsp3) is 0.238. The van der Waals surface area contributed by atoms with Crippen molar-refractivity contribution in [2.45, 2.75) is 6.42 Å². The number of nitrogens with zero attached hydrogens (tertiary/aromatic N) is 3. The maximum atomic E-state index is 14.0. The van der Waals surface area contributed by atoms with E-state index >= 15 is 0 Å². The van der Waals surface area contributed by atoms with Crippen LogP contribution in [0.2, 0.25) is 0 Å². The van der Waals surface area contributed by atoms with Crippen molar-refractivity contribution in [1.29, 1.82) is 0 Å². The first kappa shape index (κ1) is 19.7. The molecule has 5 nitrogen and oxygen atoms in total. The number of para-hydroxylation sites is 1. The smallest absolute Gasteiger partial charge is 0.225 e. The van der Waals surface area contributed by atoms with Gasteiger partial charge in [-0.15, -0.1) is 0 Å². The largest absolute Gasteiger partial charge is 0.354 e. The molecule has 0 saturated heterocycles. The van der Waals surface area contributed by atoms with Gasteiger partial charge >= 0.3 is 0 Å². The Morgan fingerprint density at radius 2 is 1.64 bits per heavy atom. The van der Waals surface area contributed by atoms with Gasteiger partial charge in [-0.2, -0.15) is 4.98 Å². The maximum absolute atomic E-state index is 14.0. The van der Waals surface area contributed by atoms with Gasteiger partial charge in [0, 0.05) is 18.2 Å². The van der Waals surface area contributed by atoms with Crippen LogP contribution in [0.15, 0.2) is 54.6 Å². The molecule has 0 unspecified atom stereocenters. The maximum Gasteiger partial charge on any atom is 0.225 e. The molecule has 146 valence electrons. The lowest BCUT2D eigenvalue weighted by molar-refractivity contribution is 0.405. The number of benzene rings is 2. The topological polar surface area (TPSA) is 53.1 Å². The lowest BCUT2D eigenvalue weighted by Gasteiger charge is -2.13. The molecule has 0 saturated carbocycles. The average Bonchev–Trinajstić information content (AvgIpc) is 2.69. The molecule has 0 radical (unpaired) electrons. The fourth-order valence-corrected chi connectivity index (χ4v) is 2.69. The summed E-state index contributed by atoms with van der Waals surface area (Å²) in [4.78, 5) is 11.0. The summed E-state index contributed by atoms with van der Waals surface area (Å²) in [7, 11) is 4.02. The molecule has 0 aliphatic rings. The molecular weight excluding hydrogens is 360 g/mol. The standard InChI is InChI=1S/C21H23F2N5/c1-28(2)13-7-12-24-21-25-18(15-8-4-3-5-9-15)14-19(27-21)26-20-16(22)10-6-11-17(20)23/h3-6,8-11,14H,7,12-13H2,1-2H3,(H2,24,25,26,27). The van der Waals surface area contributed by atoms with E-state index in [1.807, 2.05) is 44.4 Å². The normalized spacial score (nSPS) is 10.9. The first-order valence-corrected chi connectivity index (χ1v) is 9.07. The molecule has 1 aromatic heterocycles. The summed E-state index contributed by atoms with van der Waals surface area (Å²) in [6.07, 6.45) is 0.913. The van der Waals surface area contributed by atoms with Gasteiger partial charge in [0.25, 0.3) is 0 Å². The van der Waals surface area contributed by atoms with Crippen LogP contribution in [0.4, 0.5) is 26.2 Å². The van der Waals surface area contributed by atoms with Gasteiger partial charge in [-0.1, -0.05) is 36.4 Å². The van der Waals surface area contributed by atoms with Crippen molar-refractivity contribution in [3.63, 3.8) is 0 Å². The predicted molar refractivity (Wildman–Crippen MR) is 109 cm³/mol. The zero-order chi connectivity index (χ0) is 19.9. The van der Waals surface area contributed by atoms with Crippen LogP contribution in [0.25, 0.3) is 11.3 Å². The van der Waals surface area contributed by atoms with Crippen LogP contribution in [0.1, 0.15) is 6.42 Å². The second-order valence-electron chi connectivity index (χ2n) is 6.63. The third kappa shape index (κ3) is 5.23. The third-order valence-electron chi connectivity index (χ3n) is 4.08. The van der Waals surface area contributed by atoms with E-state index in [0.717, 1.165) is 18.5 Å². The first-order chi connectivity index (χ1) is 13.5. The van der Waals surface area contributed by atoms with Gasteiger partial charge in [-0.25, -0.2) is 13.8 Å². The zero-order valence-electron chi connectivity index (χ0n) is 15.9. The molecule has 7 heteroatoms. The average molecular weight is 383 g/mol. The fourth-order valence-electron chi connectivity index (χ4n) is 2.69. The zero-order valence-corrected chi connectivity index (χ0v) is 15.9. The number of halogens is 2. The quantitative estimate of drug-likeness (QED) is 0.560. The lowest BCUT2D eigenvalue weighted by atomic mass is 10.1. The van der Waals surface area contributed by atoms with E-state index in [2.05, 4.69) is 25.5 Å². The van der Waals surface area contributed by atoms with Crippen LogP contribution < -0.4 is 10.6 Å². The van der Waals surface area contributed by atoms with Crippen molar-refractivity contribution in [3.05, 3.63) is 66.2 Å². The van der Waals surface area contributed by atoms with Crippen LogP contribution in [0.5, 0.6) is 0 Å². The van der Waals surface area contributed by atoms with Gasteiger partial charge in [-0.3, -0.25) is 0 Å². The Morgan fingerprint density at radius 1 is 0.929 bits per heavy atom. The van der Waals surface area contributed by atoms with E-state index in [1.54, 1.807) is 6.07 Å². The highest BCUT2D eigenvalue weighted by atomic mass is 19.1. The minimum atomic E-state index is -0.680. The molecule has 0 fully saturated rings. The monoisotopic (exact) mass is 383 g/mol. The molecule has 2 N–H and O–H groups in total. The van der Waals surface area contributed by atoms with Crippen LogP contribution in [0, 0.1) is 11.6 Å². The molecule has 0 aliphatic heterocycles. The SMILES string of the molecule is CN(C)CCCNc1nc(Nc2c(F)cccc2F)cc(-c2ccccc2)n1. The van der Waals surface area contributed by atoms with E-state index in [-0.39, 0.29) is 5.69 Å². The number of anilines is 3. The van der Waals surface area contributed by atoms with E-state index in [0.29, 0.717) is 24.0 Å². The summed E-state index contributed by atoms with van der Waals surface area (Å²) in [5.74, 6) is -0.645. The molecule has 0 atom stereocenters. The van der Waals surface area contributed by atoms with E-state index in [4.69, 9.17) is 0 Å². The highest BCUT2D eigenvalue weighted by Crippen LogP contribution is 2.26. The Balaban J connectivity index is 1.89. The molecule has 3 aromatic rings. The summed E-state index contributed by atoms with van der Waals surface area (Å²) < 4.78 is 28.0. The van der Waals surface area contributed by atoms with Crippen molar-refractivity contribution in [1.82, 2.24) is 14.9 Å². The van der Waals surface area contributed by atoms with Crippen molar-refractivity contribution in [2.75, 3.05) is 37.8 Å². The third-order valence-corrected chi connectivity index (χ3v) is 4.08. The number of rotatable bonds is 8. The summed E-state index contributed by atoms with van der Waals surface area (Å²) in [5.41, 5.74) is 1.31. The summed E-state index contributed by atoms with van der Waals surface area (Å²) >= 11 is 0. The molecule has 28 heavy (non-hydrogen) atoms. The van der Waals surface area contributed by atoms with Crippen molar-refractivity contribution >= 4 is 17.5 Å². The van der Waals surface area contributed by atoms with Crippen molar-refractivity contribution in [3.8, 4) is 11.3 Å². The number of hydrogen-bond acceptors (Lipinski definition) is 5. The Labute approximate surface area is 163 Å².